The smallest absolute Gasteiger partial charge is 0.123 e. The van der Waals surface area contributed by atoms with Crippen LogP contribution in [0.4, 0.5) is 0 Å². The first kappa shape index (κ1) is 13.9. The van der Waals surface area contributed by atoms with Crippen molar-refractivity contribution in [2.45, 2.75) is 32.7 Å². The third-order valence-electron chi connectivity index (χ3n) is 4.19. The lowest BCUT2D eigenvalue weighted by molar-refractivity contribution is 0.225. The molecule has 0 spiro atoms. The van der Waals surface area contributed by atoms with E-state index in [0.29, 0.717) is 0 Å². The summed E-state index contributed by atoms with van der Waals surface area (Å²) in [4.78, 5) is 2.14. The molecule has 0 radical (unpaired) electrons. The fourth-order valence-electron chi connectivity index (χ4n) is 2.85. The summed E-state index contributed by atoms with van der Waals surface area (Å²) in [5.41, 5.74) is 3.37. The molecule has 1 aromatic carbocycles. The van der Waals surface area contributed by atoms with Gasteiger partial charge in [0.05, 0.1) is 24.6 Å². The van der Waals surface area contributed by atoms with Gasteiger partial charge in [0.25, 0.3) is 0 Å². The van der Waals surface area contributed by atoms with E-state index in [9.17, 15) is 5.26 Å². The van der Waals surface area contributed by atoms with Gasteiger partial charge in [0.1, 0.15) is 5.75 Å². The van der Waals surface area contributed by atoms with Crippen molar-refractivity contribution in [2.24, 2.45) is 5.41 Å². The highest BCUT2D eigenvalue weighted by atomic mass is 16.5. The predicted octanol–water partition coefficient (Wildman–Crippen LogP) is 3.22. The Morgan fingerprint density at radius 1 is 1.26 bits per heavy atom. The van der Waals surface area contributed by atoms with Crippen molar-refractivity contribution < 1.29 is 4.74 Å². The first-order chi connectivity index (χ1) is 8.95. The average molecular weight is 258 g/mol. The van der Waals surface area contributed by atoms with E-state index in [1.54, 1.807) is 7.11 Å². The number of hydrogen-bond acceptors (Lipinski definition) is 3. The van der Waals surface area contributed by atoms with Crippen LogP contribution in [-0.2, 0) is 0 Å². The van der Waals surface area contributed by atoms with Gasteiger partial charge in [-0.1, -0.05) is 6.07 Å². The minimum Gasteiger partial charge on any atom is -0.496 e. The molecule has 0 saturated heterocycles. The van der Waals surface area contributed by atoms with Gasteiger partial charge < -0.3 is 9.64 Å². The lowest BCUT2D eigenvalue weighted by atomic mass is 9.88. The van der Waals surface area contributed by atoms with E-state index in [1.807, 2.05) is 14.1 Å². The summed E-state index contributed by atoms with van der Waals surface area (Å²) >= 11 is 0. The zero-order chi connectivity index (χ0) is 14.2. The molecule has 1 unspecified atom stereocenters. The molecule has 102 valence electrons. The van der Waals surface area contributed by atoms with Crippen molar-refractivity contribution in [2.75, 3.05) is 21.2 Å². The number of nitriles is 1. The second-order valence-electron chi connectivity index (χ2n) is 5.81. The fourth-order valence-corrected chi connectivity index (χ4v) is 2.85. The number of aryl methyl sites for hydroxylation is 2. The highest BCUT2D eigenvalue weighted by Gasteiger charge is 2.52. The SMILES string of the molecule is COc1cc(C)c(C)cc1C(N(C)C)C1(C#N)CC1. The molecule has 1 fully saturated rings. The second-order valence-corrected chi connectivity index (χ2v) is 5.81. The van der Waals surface area contributed by atoms with Gasteiger partial charge in [-0.25, -0.2) is 0 Å². The molecule has 1 aliphatic carbocycles. The topological polar surface area (TPSA) is 36.3 Å². The summed E-state index contributed by atoms with van der Waals surface area (Å²) in [6.07, 6.45) is 1.95. The molecule has 3 heteroatoms. The largest absolute Gasteiger partial charge is 0.496 e. The predicted molar refractivity (Wildman–Crippen MR) is 76.2 cm³/mol. The highest BCUT2D eigenvalue weighted by molar-refractivity contribution is 5.46. The van der Waals surface area contributed by atoms with Crippen LogP contribution in [0.5, 0.6) is 5.75 Å². The maximum absolute atomic E-state index is 9.51. The van der Waals surface area contributed by atoms with E-state index in [4.69, 9.17) is 4.74 Å². The minimum atomic E-state index is -0.238. The number of nitrogens with zero attached hydrogens (tertiary/aromatic N) is 2. The molecule has 0 heterocycles. The molecule has 2 rings (SSSR count). The molecule has 1 saturated carbocycles. The molecule has 1 aromatic rings. The van der Waals surface area contributed by atoms with Gasteiger partial charge in [-0.05, 0) is 58.0 Å². The standard InChI is InChI=1S/C16H22N2O/c1-11-8-13(14(19-5)9-12(11)2)15(18(3)4)16(10-17)6-7-16/h8-9,15H,6-7H2,1-5H3. The van der Waals surface area contributed by atoms with Crippen molar-refractivity contribution >= 4 is 0 Å². The molecule has 3 nitrogen and oxygen atoms in total. The Morgan fingerprint density at radius 2 is 1.84 bits per heavy atom. The Bertz CT molecular complexity index is 524. The Hall–Kier alpha value is -1.53. The van der Waals surface area contributed by atoms with E-state index in [-0.39, 0.29) is 11.5 Å². The molecule has 1 aliphatic rings. The monoisotopic (exact) mass is 258 g/mol. The molecular formula is C16H22N2O. The van der Waals surface area contributed by atoms with Crippen LogP contribution in [0, 0.1) is 30.6 Å². The first-order valence-corrected chi connectivity index (χ1v) is 6.68. The molecule has 0 aliphatic heterocycles. The van der Waals surface area contributed by atoms with Crippen molar-refractivity contribution in [1.82, 2.24) is 4.90 Å². The van der Waals surface area contributed by atoms with Gasteiger partial charge in [0, 0.05) is 5.56 Å². The molecule has 0 bridgehead atoms. The van der Waals surface area contributed by atoms with Crippen LogP contribution >= 0.6 is 0 Å². The molecular weight excluding hydrogens is 236 g/mol. The summed E-state index contributed by atoms with van der Waals surface area (Å²) in [6, 6.07) is 6.88. The zero-order valence-corrected chi connectivity index (χ0v) is 12.4. The van der Waals surface area contributed by atoms with Crippen molar-refractivity contribution in [3.05, 3.63) is 28.8 Å². The molecule has 1 atom stereocenters. The van der Waals surface area contributed by atoms with Crippen molar-refractivity contribution in [3.8, 4) is 11.8 Å². The maximum atomic E-state index is 9.51. The zero-order valence-electron chi connectivity index (χ0n) is 12.4. The summed E-state index contributed by atoms with van der Waals surface area (Å²) in [5.74, 6) is 0.892. The summed E-state index contributed by atoms with van der Waals surface area (Å²) < 4.78 is 5.54. The maximum Gasteiger partial charge on any atom is 0.123 e. The Balaban J connectivity index is 2.55. The summed E-state index contributed by atoms with van der Waals surface area (Å²) in [7, 11) is 5.78. The van der Waals surface area contributed by atoms with Crippen molar-refractivity contribution in [1.29, 1.82) is 5.26 Å². The normalized spacial score (nSPS) is 17.9. The van der Waals surface area contributed by atoms with E-state index in [0.717, 1.165) is 24.2 Å². The lowest BCUT2D eigenvalue weighted by Gasteiger charge is -2.30. The second kappa shape index (κ2) is 4.86. The molecule has 0 amide bonds. The highest BCUT2D eigenvalue weighted by Crippen LogP contribution is 2.57. The van der Waals surface area contributed by atoms with E-state index < -0.39 is 0 Å². The van der Waals surface area contributed by atoms with Gasteiger partial charge in [-0.2, -0.15) is 5.26 Å². The van der Waals surface area contributed by atoms with Gasteiger partial charge in [0.2, 0.25) is 0 Å². The van der Waals surface area contributed by atoms with E-state index in [1.165, 1.54) is 11.1 Å². The van der Waals surface area contributed by atoms with Crippen molar-refractivity contribution in [3.63, 3.8) is 0 Å². The van der Waals surface area contributed by atoms with Crippen LogP contribution < -0.4 is 4.74 Å². The van der Waals surface area contributed by atoms with Gasteiger partial charge >= 0.3 is 0 Å². The quantitative estimate of drug-likeness (QED) is 0.832. The number of ether oxygens (including phenoxy) is 1. The number of hydrogen-bond donors (Lipinski definition) is 0. The van der Waals surface area contributed by atoms with Crippen LogP contribution in [0.3, 0.4) is 0 Å². The average Bonchev–Trinajstić information content (AvgIpc) is 3.14. The fraction of sp³-hybridized carbons (Fsp3) is 0.562. The molecule has 19 heavy (non-hydrogen) atoms. The van der Waals surface area contributed by atoms with Gasteiger partial charge in [-0.3, -0.25) is 0 Å². The molecule has 0 N–H and O–H groups in total. The first-order valence-electron chi connectivity index (χ1n) is 6.68. The minimum absolute atomic E-state index is 0.103. The Morgan fingerprint density at radius 3 is 2.26 bits per heavy atom. The van der Waals surface area contributed by atoms with E-state index in [2.05, 4.69) is 36.9 Å². The van der Waals surface area contributed by atoms with Gasteiger partial charge in [0.15, 0.2) is 0 Å². The van der Waals surface area contributed by atoms with Crippen LogP contribution in [0.2, 0.25) is 0 Å². The third kappa shape index (κ3) is 2.33. The number of methoxy groups -OCH3 is 1. The van der Waals surface area contributed by atoms with Crippen LogP contribution in [-0.4, -0.2) is 26.1 Å². The summed E-state index contributed by atoms with van der Waals surface area (Å²) in [5, 5.41) is 9.51. The Labute approximate surface area is 115 Å². The van der Waals surface area contributed by atoms with Crippen LogP contribution in [0.15, 0.2) is 12.1 Å². The third-order valence-corrected chi connectivity index (χ3v) is 4.19. The lowest BCUT2D eigenvalue weighted by Crippen LogP contribution is -2.28. The Kier molecular flexibility index (Phi) is 3.56. The number of rotatable bonds is 4. The molecule has 0 aromatic heterocycles. The summed E-state index contributed by atoms with van der Waals surface area (Å²) in [6.45, 7) is 4.19. The number of benzene rings is 1. The van der Waals surface area contributed by atoms with Gasteiger partial charge in [-0.15, -0.1) is 0 Å². The van der Waals surface area contributed by atoms with Crippen LogP contribution in [0.1, 0.15) is 35.6 Å². The van der Waals surface area contributed by atoms with Crippen LogP contribution in [0.25, 0.3) is 0 Å². The van der Waals surface area contributed by atoms with E-state index >= 15 is 0 Å².